The summed E-state index contributed by atoms with van der Waals surface area (Å²) < 4.78 is 35.2. The van der Waals surface area contributed by atoms with Crippen molar-refractivity contribution in [3.05, 3.63) is 47.3 Å². The van der Waals surface area contributed by atoms with Crippen LogP contribution >= 0.6 is 11.6 Å². The molecule has 0 saturated heterocycles. The Bertz CT molecular complexity index is 912. The van der Waals surface area contributed by atoms with Crippen molar-refractivity contribution in [1.29, 1.82) is 0 Å². The van der Waals surface area contributed by atoms with Gasteiger partial charge in [-0.05, 0) is 18.2 Å². The Morgan fingerprint density at radius 3 is 2.81 bits per heavy atom. The highest BCUT2D eigenvalue weighted by Crippen LogP contribution is 2.25. The lowest BCUT2D eigenvalue weighted by Gasteiger charge is -2.20. The number of hydrogen-bond acceptors (Lipinski definition) is 6. The first-order valence-corrected chi connectivity index (χ1v) is 7.98. The maximum absolute atomic E-state index is 12.5. The SMILES string of the molecule is CCC(=O)N(Cc1nc(-c2nnc(C(F)F)o2)co1)c1cccc(Cl)c1. The second-order valence-corrected chi connectivity index (χ2v) is 5.62. The van der Waals surface area contributed by atoms with Crippen LogP contribution in [0.15, 0.2) is 39.4 Å². The number of halogens is 3. The van der Waals surface area contributed by atoms with Crippen molar-refractivity contribution in [2.45, 2.75) is 26.3 Å². The van der Waals surface area contributed by atoms with Crippen molar-refractivity contribution in [2.75, 3.05) is 4.90 Å². The van der Waals surface area contributed by atoms with E-state index in [4.69, 9.17) is 20.4 Å². The smallest absolute Gasteiger partial charge is 0.314 e. The zero-order valence-corrected chi connectivity index (χ0v) is 14.3. The molecule has 0 radical (unpaired) electrons. The molecule has 0 aliphatic heterocycles. The topological polar surface area (TPSA) is 85.3 Å². The Morgan fingerprint density at radius 2 is 2.15 bits per heavy atom. The van der Waals surface area contributed by atoms with E-state index < -0.39 is 12.3 Å². The number of rotatable bonds is 6. The standard InChI is InChI=1S/C16H13ClF2N4O3/c1-2-13(24)23(10-5-3-4-9(17)6-10)7-12-20-11(8-25-12)15-21-22-16(26-15)14(18)19/h3-6,8,14H,2,7H2,1H3. The number of carbonyl (C=O) groups excluding carboxylic acids is 1. The Labute approximate surface area is 151 Å². The molecule has 0 unspecified atom stereocenters. The van der Waals surface area contributed by atoms with Gasteiger partial charge >= 0.3 is 6.43 Å². The number of anilines is 1. The van der Waals surface area contributed by atoms with E-state index in [9.17, 15) is 13.6 Å². The van der Waals surface area contributed by atoms with E-state index in [1.807, 2.05) is 0 Å². The van der Waals surface area contributed by atoms with Gasteiger partial charge in [0.25, 0.3) is 11.8 Å². The van der Waals surface area contributed by atoms with E-state index in [1.54, 1.807) is 31.2 Å². The Hall–Kier alpha value is -2.81. The van der Waals surface area contributed by atoms with Crippen LogP contribution in [0, 0.1) is 0 Å². The van der Waals surface area contributed by atoms with E-state index in [-0.39, 0.29) is 36.3 Å². The zero-order valence-electron chi connectivity index (χ0n) is 13.5. The highest BCUT2D eigenvalue weighted by Gasteiger charge is 2.21. The second-order valence-electron chi connectivity index (χ2n) is 5.19. The summed E-state index contributed by atoms with van der Waals surface area (Å²) in [5.74, 6) is -0.971. The van der Waals surface area contributed by atoms with Crippen molar-refractivity contribution >= 4 is 23.2 Å². The highest BCUT2D eigenvalue weighted by atomic mass is 35.5. The summed E-state index contributed by atoms with van der Waals surface area (Å²) in [6.07, 6.45) is -1.41. The molecule has 1 aromatic carbocycles. The Morgan fingerprint density at radius 1 is 1.35 bits per heavy atom. The van der Waals surface area contributed by atoms with Gasteiger partial charge in [0.05, 0.1) is 0 Å². The number of oxazole rings is 1. The largest absolute Gasteiger partial charge is 0.446 e. The summed E-state index contributed by atoms with van der Waals surface area (Å²) in [7, 11) is 0. The third kappa shape index (κ3) is 3.88. The number of hydrogen-bond donors (Lipinski definition) is 0. The molecule has 0 bridgehead atoms. The van der Waals surface area contributed by atoms with Gasteiger partial charge in [-0.25, -0.2) is 4.98 Å². The number of alkyl halides is 2. The van der Waals surface area contributed by atoms with E-state index in [1.165, 1.54) is 11.2 Å². The summed E-state index contributed by atoms with van der Waals surface area (Å²) in [6, 6.07) is 6.79. The maximum atomic E-state index is 12.5. The Balaban J connectivity index is 1.83. The third-order valence-electron chi connectivity index (χ3n) is 3.41. The van der Waals surface area contributed by atoms with E-state index in [2.05, 4.69) is 15.2 Å². The molecule has 2 heterocycles. The number of benzene rings is 1. The average molecular weight is 383 g/mol. The van der Waals surface area contributed by atoms with Gasteiger partial charge in [0.15, 0.2) is 5.69 Å². The van der Waals surface area contributed by atoms with Crippen LogP contribution in [0.4, 0.5) is 14.5 Å². The molecule has 0 spiro atoms. The van der Waals surface area contributed by atoms with Crippen molar-refractivity contribution in [2.24, 2.45) is 0 Å². The first-order valence-electron chi connectivity index (χ1n) is 7.60. The minimum atomic E-state index is -2.87. The minimum Gasteiger partial charge on any atom is -0.446 e. The number of aromatic nitrogens is 3. The van der Waals surface area contributed by atoms with Crippen LogP contribution < -0.4 is 4.90 Å². The second kappa shape index (κ2) is 7.61. The van der Waals surface area contributed by atoms with Gasteiger partial charge in [-0.3, -0.25) is 4.79 Å². The van der Waals surface area contributed by atoms with Gasteiger partial charge in [-0.1, -0.05) is 24.6 Å². The van der Waals surface area contributed by atoms with Crippen LogP contribution in [-0.4, -0.2) is 21.1 Å². The first-order chi connectivity index (χ1) is 12.5. The first kappa shape index (κ1) is 18.0. The van der Waals surface area contributed by atoms with Crippen LogP contribution in [-0.2, 0) is 11.3 Å². The molecule has 0 aliphatic rings. The van der Waals surface area contributed by atoms with Crippen LogP contribution in [0.2, 0.25) is 5.02 Å². The van der Waals surface area contributed by atoms with Crippen LogP contribution in [0.25, 0.3) is 11.6 Å². The lowest BCUT2D eigenvalue weighted by atomic mass is 10.2. The zero-order chi connectivity index (χ0) is 18.7. The summed E-state index contributed by atoms with van der Waals surface area (Å²) in [5.41, 5.74) is 0.691. The summed E-state index contributed by atoms with van der Waals surface area (Å²) in [5, 5.41) is 7.22. The molecule has 1 amide bonds. The average Bonchev–Trinajstić information content (AvgIpc) is 3.28. The molecule has 136 valence electrons. The van der Waals surface area contributed by atoms with Crippen LogP contribution in [0.5, 0.6) is 0 Å². The molecule has 2 aromatic heterocycles. The molecule has 26 heavy (non-hydrogen) atoms. The summed E-state index contributed by atoms with van der Waals surface area (Å²) in [6.45, 7) is 1.76. The molecule has 7 nitrogen and oxygen atoms in total. The molecule has 10 heteroatoms. The number of amides is 1. The molecule has 3 rings (SSSR count). The summed E-state index contributed by atoms with van der Waals surface area (Å²) >= 11 is 5.99. The van der Waals surface area contributed by atoms with Crippen LogP contribution in [0.1, 0.15) is 31.6 Å². The maximum Gasteiger partial charge on any atom is 0.314 e. The minimum absolute atomic E-state index is 0.0306. The number of nitrogens with zero attached hydrogens (tertiary/aromatic N) is 4. The normalized spacial score (nSPS) is 11.1. The fraction of sp³-hybridized carbons (Fsp3) is 0.250. The quantitative estimate of drug-likeness (QED) is 0.633. The number of carbonyl (C=O) groups is 1. The van der Waals surface area contributed by atoms with Gasteiger partial charge in [0, 0.05) is 17.1 Å². The van der Waals surface area contributed by atoms with Crippen molar-refractivity contribution in [1.82, 2.24) is 15.2 Å². The molecule has 0 aliphatic carbocycles. The molecule has 0 atom stereocenters. The highest BCUT2D eigenvalue weighted by molar-refractivity contribution is 6.30. The van der Waals surface area contributed by atoms with Gasteiger partial charge < -0.3 is 13.7 Å². The van der Waals surface area contributed by atoms with Crippen LogP contribution in [0.3, 0.4) is 0 Å². The monoisotopic (exact) mass is 382 g/mol. The van der Waals surface area contributed by atoms with Gasteiger partial charge in [-0.2, -0.15) is 8.78 Å². The van der Waals surface area contributed by atoms with E-state index in [0.29, 0.717) is 10.7 Å². The summed E-state index contributed by atoms with van der Waals surface area (Å²) in [4.78, 5) is 17.9. The van der Waals surface area contributed by atoms with Gasteiger partial charge in [-0.15, -0.1) is 10.2 Å². The third-order valence-corrected chi connectivity index (χ3v) is 3.65. The predicted molar refractivity (Wildman–Crippen MR) is 87.7 cm³/mol. The predicted octanol–water partition coefficient (Wildman–Crippen LogP) is 4.26. The lowest BCUT2D eigenvalue weighted by molar-refractivity contribution is -0.118. The van der Waals surface area contributed by atoms with Crippen molar-refractivity contribution in [3.63, 3.8) is 0 Å². The molecule has 0 saturated carbocycles. The van der Waals surface area contributed by atoms with Gasteiger partial charge in [0.1, 0.15) is 12.8 Å². The van der Waals surface area contributed by atoms with Crippen molar-refractivity contribution < 1.29 is 22.4 Å². The fourth-order valence-corrected chi connectivity index (χ4v) is 2.39. The van der Waals surface area contributed by atoms with E-state index >= 15 is 0 Å². The fourth-order valence-electron chi connectivity index (χ4n) is 2.20. The molecule has 3 aromatic rings. The molecular weight excluding hydrogens is 370 g/mol. The molecule has 0 fully saturated rings. The molecule has 0 N–H and O–H groups in total. The lowest BCUT2D eigenvalue weighted by Crippen LogP contribution is -2.29. The van der Waals surface area contributed by atoms with Gasteiger partial charge in [0.2, 0.25) is 11.8 Å². The van der Waals surface area contributed by atoms with Crippen molar-refractivity contribution in [3.8, 4) is 11.6 Å². The van der Waals surface area contributed by atoms with E-state index in [0.717, 1.165) is 0 Å². The molecular formula is C16H13ClF2N4O3. The Kier molecular flexibility index (Phi) is 5.27.